The predicted octanol–water partition coefficient (Wildman–Crippen LogP) is 3.53. The monoisotopic (exact) mass is 448 g/mol. The molecule has 2 aromatic carbocycles. The van der Waals surface area contributed by atoms with Crippen molar-refractivity contribution >= 4 is 28.5 Å². The molecule has 0 aliphatic rings. The summed E-state index contributed by atoms with van der Waals surface area (Å²) in [4.78, 5) is 36.8. The van der Waals surface area contributed by atoms with Crippen LogP contribution in [0, 0.1) is 17.5 Å². The first-order valence-corrected chi connectivity index (χ1v) is 9.39. The van der Waals surface area contributed by atoms with Crippen LogP contribution in [0.2, 0.25) is 0 Å². The van der Waals surface area contributed by atoms with Crippen LogP contribution in [0.5, 0.6) is 0 Å². The van der Waals surface area contributed by atoms with Crippen molar-refractivity contribution in [2.24, 2.45) is 0 Å². The molecule has 3 rings (SSSR count). The normalized spacial score (nSPS) is 11.4. The second-order valence-electron chi connectivity index (χ2n) is 7.88. The molecule has 7 nitrogen and oxygen atoms in total. The van der Waals surface area contributed by atoms with Gasteiger partial charge in [0.25, 0.3) is 5.91 Å². The number of halogens is 3. The summed E-state index contributed by atoms with van der Waals surface area (Å²) >= 11 is 0. The number of amides is 1. The molecule has 0 unspecified atom stereocenters. The fraction of sp³-hybridized carbons (Fsp3) is 0.227. The lowest BCUT2D eigenvalue weighted by molar-refractivity contribution is -0.153. The molecule has 0 fully saturated rings. The molecule has 0 bridgehead atoms. The van der Waals surface area contributed by atoms with Crippen molar-refractivity contribution in [3.8, 4) is 11.1 Å². The van der Waals surface area contributed by atoms with Gasteiger partial charge in [-0.15, -0.1) is 0 Å². The number of anilines is 1. The highest BCUT2D eigenvalue weighted by Gasteiger charge is 2.23. The van der Waals surface area contributed by atoms with Crippen molar-refractivity contribution in [2.45, 2.75) is 26.4 Å². The van der Waals surface area contributed by atoms with Gasteiger partial charge in [-0.2, -0.15) is 0 Å². The number of rotatable bonds is 4. The minimum absolute atomic E-state index is 0.0600. The quantitative estimate of drug-likeness (QED) is 0.359. The largest absolute Gasteiger partial charge is 0.459 e. The van der Waals surface area contributed by atoms with Crippen LogP contribution in [-0.2, 0) is 9.53 Å². The molecule has 168 valence electrons. The van der Waals surface area contributed by atoms with Gasteiger partial charge in [0.05, 0.1) is 5.69 Å². The fourth-order valence-corrected chi connectivity index (χ4v) is 3.02. The molecule has 3 N–H and O–H groups in total. The Morgan fingerprint density at radius 1 is 1.12 bits per heavy atom. The van der Waals surface area contributed by atoms with Gasteiger partial charge in [0.15, 0.2) is 17.5 Å². The Labute approximate surface area is 180 Å². The maximum atomic E-state index is 13.7. The third-order valence-corrected chi connectivity index (χ3v) is 4.31. The van der Waals surface area contributed by atoms with Crippen LogP contribution in [0.3, 0.4) is 0 Å². The standard InChI is InChI=1S/C22H19F3N2O5/c1-22(2,3)32-15(28)9-27-20(29)16-18(26)12-6-4-5-11(19(12)31-21(16)30)10-7-13(23)17(25)14(24)8-10/h4-8H,9,26H2,1-3H3,(H,27,29). The highest BCUT2D eigenvalue weighted by atomic mass is 19.2. The molecular weight excluding hydrogens is 429 g/mol. The third kappa shape index (κ3) is 4.58. The van der Waals surface area contributed by atoms with Crippen LogP contribution in [0.1, 0.15) is 31.1 Å². The summed E-state index contributed by atoms with van der Waals surface area (Å²) in [7, 11) is 0. The average Bonchev–Trinajstić information content (AvgIpc) is 2.68. The van der Waals surface area contributed by atoms with E-state index in [0.717, 1.165) is 12.1 Å². The smallest absolute Gasteiger partial charge is 0.351 e. The lowest BCUT2D eigenvalue weighted by Crippen LogP contribution is -2.36. The summed E-state index contributed by atoms with van der Waals surface area (Å²) in [5.74, 6) is -6.18. The van der Waals surface area contributed by atoms with Gasteiger partial charge in [-0.1, -0.05) is 12.1 Å². The number of carbonyl (C=O) groups is 2. The van der Waals surface area contributed by atoms with Gasteiger partial charge in [-0.3, -0.25) is 9.59 Å². The minimum atomic E-state index is -1.64. The molecule has 0 saturated heterocycles. The molecule has 0 spiro atoms. The summed E-state index contributed by atoms with van der Waals surface area (Å²) in [6, 6.07) is 5.75. The number of para-hydroxylation sites is 1. The lowest BCUT2D eigenvalue weighted by Gasteiger charge is -2.19. The molecule has 0 aliphatic heterocycles. The average molecular weight is 448 g/mol. The lowest BCUT2D eigenvalue weighted by atomic mass is 10.0. The first-order chi connectivity index (χ1) is 14.9. The second-order valence-corrected chi connectivity index (χ2v) is 7.88. The second kappa shape index (κ2) is 8.37. The Morgan fingerprint density at radius 3 is 2.34 bits per heavy atom. The molecule has 1 aromatic heterocycles. The molecule has 32 heavy (non-hydrogen) atoms. The van der Waals surface area contributed by atoms with E-state index in [1.165, 1.54) is 18.2 Å². The number of ether oxygens (including phenoxy) is 1. The van der Waals surface area contributed by atoms with E-state index in [9.17, 15) is 27.6 Å². The van der Waals surface area contributed by atoms with Crippen LogP contribution >= 0.6 is 0 Å². The Balaban J connectivity index is 2.01. The number of nitrogen functional groups attached to an aromatic ring is 1. The highest BCUT2D eigenvalue weighted by Crippen LogP contribution is 2.33. The van der Waals surface area contributed by atoms with E-state index in [4.69, 9.17) is 14.9 Å². The van der Waals surface area contributed by atoms with Crippen LogP contribution in [0.15, 0.2) is 39.5 Å². The van der Waals surface area contributed by atoms with Gasteiger partial charge in [0, 0.05) is 10.9 Å². The maximum Gasteiger partial charge on any atom is 0.351 e. The van der Waals surface area contributed by atoms with E-state index in [-0.39, 0.29) is 27.8 Å². The Bertz CT molecular complexity index is 1270. The number of fused-ring (bicyclic) bond motifs is 1. The first-order valence-electron chi connectivity index (χ1n) is 9.39. The van der Waals surface area contributed by atoms with Crippen molar-refractivity contribution in [1.82, 2.24) is 5.32 Å². The molecule has 1 amide bonds. The van der Waals surface area contributed by atoms with Gasteiger partial charge < -0.3 is 20.2 Å². The van der Waals surface area contributed by atoms with Crippen molar-refractivity contribution < 1.29 is 31.9 Å². The van der Waals surface area contributed by atoms with Crippen LogP contribution < -0.4 is 16.7 Å². The molecule has 0 saturated carbocycles. The van der Waals surface area contributed by atoms with E-state index in [2.05, 4.69) is 5.32 Å². The van der Waals surface area contributed by atoms with E-state index in [1.807, 2.05) is 0 Å². The summed E-state index contributed by atoms with van der Waals surface area (Å²) in [5, 5.41) is 2.35. The Kier molecular flexibility index (Phi) is 5.98. The van der Waals surface area contributed by atoms with Crippen molar-refractivity contribution in [3.05, 3.63) is 63.8 Å². The number of benzene rings is 2. The van der Waals surface area contributed by atoms with Gasteiger partial charge in [-0.25, -0.2) is 18.0 Å². The molecular formula is C22H19F3N2O5. The number of nitrogens with two attached hydrogens (primary N) is 1. The zero-order valence-corrected chi connectivity index (χ0v) is 17.3. The zero-order chi connectivity index (χ0) is 23.8. The number of hydrogen-bond acceptors (Lipinski definition) is 6. The molecule has 10 heteroatoms. The molecule has 0 radical (unpaired) electrons. The van der Waals surface area contributed by atoms with Crippen molar-refractivity contribution in [2.75, 3.05) is 12.3 Å². The van der Waals surface area contributed by atoms with Crippen LogP contribution in [-0.4, -0.2) is 24.0 Å². The minimum Gasteiger partial charge on any atom is -0.459 e. The zero-order valence-electron chi connectivity index (χ0n) is 17.3. The number of esters is 1. The topological polar surface area (TPSA) is 112 Å². The molecule has 1 heterocycles. The molecule has 0 atom stereocenters. The van der Waals surface area contributed by atoms with E-state index in [0.29, 0.717) is 0 Å². The molecule has 0 aliphatic carbocycles. The van der Waals surface area contributed by atoms with E-state index >= 15 is 0 Å². The van der Waals surface area contributed by atoms with Gasteiger partial charge in [0.1, 0.15) is 23.3 Å². The Morgan fingerprint density at radius 2 is 1.75 bits per heavy atom. The highest BCUT2D eigenvalue weighted by molar-refractivity contribution is 6.08. The van der Waals surface area contributed by atoms with Crippen molar-refractivity contribution in [3.63, 3.8) is 0 Å². The van der Waals surface area contributed by atoms with Gasteiger partial charge >= 0.3 is 11.6 Å². The van der Waals surface area contributed by atoms with Crippen LogP contribution in [0.4, 0.5) is 18.9 Å². The predicted molar refractivity (Wildman–Crippen MR) is 110 cm³/mol. The Hall–Kier alpha value is -3.82. The van der Waals surface area contributed by atoms with E-state index < -0.39 is 52.7 Å². The van der Waals surface area contributed by atoms with Crippen molar-refractivity contribution in [1.29, 1.82) is 0 Å². The number of nitrogens with one attached hydrogen (secondary N) is 1. The summed E-state index contributed by atoms with van der Waals surface area (Å²) in [6.07, 6.45) is 0. The van der Waals surface area contributed by atoms with Gasteiger partial charge in [0.2, 0.25) is 0 Å². The van der Waals surface area contributed by atoms with Gasteiger partial charge in [-0.05, 0) is 44.5 Å². The molecule has 3 aromatic rings. The summed E-state index contributed by atoms with van der Waals surface area (Å²) in [5.41, 5.74) is 3.12. The number of carbonyl (C=O) groups excluding carboxylic acids is 2. The number of hydrogen-bond donors (Lipinski definition) is 2. The van der Waals surface area contributed by atoms with E-state index in [1.54, 1.807) is 20.8 Å². The first kappa shape index (κ1) is 22.9. The third-order valence-electron chi connectivity index (χ3n) is 4.31. The maximum absolute atomic E-state index is 13.7. The summed E-state index contributed by atoms with van der Waals surface area (Å²) in [6.45, 7) is 4.44. The SMILES string of the molecule is CC(C)(C)OC(=O)CNC(=O)c1c(N)c2cccc(-c3cc(F)c(F)c(F)c3)c2oc1=O. The van der Waals surface area contributed by atoms with Crippen LogP contribution in [0.25, 0.3) is 22.1 Å². The summed E-state index contributed by atoms with van der Waals surface area (Å²) < 4.78 is 51.0. The fourth-order valence-electron chi connectivity index (χ4n) is 3.02.